The van der Waals surface area contributed by atoms with E-state index in [0.717, 1.165) is 11.1 Å². The highest BCUT2D eigenvalue weighted by Crippen LogP contribution is 2.44. The smallest absolute Gasteiger partial charge is 0.269 e. The Balaban J connectivity index is 1.86. The van der Waals surface area contributed by atoms with E-state index in [9.17, 15) is 15.2 Å². The lowest BCUT2D eigenvalue weighted by molar-refractivity contribution is -0.384. The molecule has 0 amide bonds. The topological polar surface area (TPSA) is 81.8 Å². The Labute approximate surface area is 149 Å². The maximum atomic E-state index is 10.9. The van der Waals surface area contributed by atoms with Crippen LogP contribution in [0.1, 0.15) is 22.6 Å². The number of ether oxygens (including phenoxy) is 2. The number of hydrogen-bond donors (Lipinski definition) is 1. The van der Waals surface area contributed by atoms with E-state index < -0.39 is 4.92 Å². The summed E-state index contributed by atoms with van der Waals surface area (Å²) in [6.45, 7) is 0.117. The maximum Gasteiger partial charge on any atom is 0.269 e. The normalized spacial score (nSPS) is 13.4. The van der Waals surface area contributed by atoms with Crippen LogP contribution in [-0.4, -0.2) is 16.8 Å². The van der Waals surface area contributed by atoms with Gasteiger partial charge in [0.15, 0.2) is 11.5 Å². The van der Waals surface area contributed by atoms with Crippen molar-refractivity contribution in [2.75, 3.05) is 6.79 Å². The van der Waals surface area contributed by atoms with Crippen molar-refractivity contribution < 1.29 is 19.5 Å². The van der Waals surface area contributed by atoms with Crippen LogP contribution in [0.2, 0.25) is 0 Å². The van der Waals surface area contributed by atoms with Crippen LogP contribution in [0.4, 0.5) is 5.69 Å². The lowest BCUT2D eigenvalue weighted by atomic mass is 9.84. The number of nitro groups is 1. The van der Waals surface area contributed by atoms with E-state index in [1.807, 2.05) is 30.3 Å². The summed E-state index contributed by atoms with van der Waals surface area (Å²) in [7, 11) is 0. The third kappa shape index (κ3) is 2.82. The van der Waals surface area contributed by atoms with Gasteiger partial charge < -0.3 is 14.6 Å². The number of nitrogens with zero attached hydrogens (tertiary/aromatic N) is 1. The predicted octanol–water partition coefficient (Wildman–Crippen LogP) is 4.21. The summed E-state index contributed by atoms with van der Waals surface area (Å²) < 4.78 is 10.8. The summed E-state index contributed by atoms with van der Waals surface area (Å²) >= 11 is 0. The second kappa shape index (κ2) is 6.40. The van der Waals surface area contributed by atoms with Crippen LogP contribution in [0, 0.1) is 10.1 Å². The van der Waals surface area contributed by atoms with E-state index in [1.165, 1.54) is 12.1 Å². The number of fused-ring (bicyclic) bond motifs is 1. The Kier molecular flexibility index (Phi) is 3.93. The number of benzene rings is 3. The third-order valence-electron chi connectivity index (χ3n) is 4.40. The standard InChI is InChI=1S/C20H15NO5/c22-17-11-19-18(25-12-26-19)10-16(17)20(13-4-2-1-3-5-13)14-6-8-15(9-7-14)21(23)24/h1-11,20,22H,12H2/t20-/m1/s1. The van der Waals surface area contributed by atoms with Gasteiger partial charge in [-0.1, -0.05) is 42.5 Å². The number of hydrogen-bond acceptors (Lipinski definition) is 5. The molecule has 4 rings (SSSR count). The van der Waals surface area contributed by atoms with Gasteiger partial charge in [-0.05, 0) is 17.2 Å². The van der Waals surface area contributed by atoms with Crippen LogP contribution in [-0.2, 0) is 0 Å². The number of phenolic OH excluding ortho intramolecular Hbond substituents is 1. The molecule has 0 bridgehead atoms. The quantitative estimate of drug-likeness (QED) is 0.433. The molecule has 0 aromatic heterocycles. The second-order valence-corrected chi connectivity index (χ2v) is 5.96. The highest BCUT2D eigenvalue weighted by Gasteiger charge is 2.25. The fourth-order valence-corrected chi connectivity index (χ4v) is 3.16. The Bertz CT molecular complexity index is 954. The minimum Gasteiger partial charge on any atom is -0.507 e. The summed E-state index contributed by atoms with van der Waals surface area (Å²) in [6, 6.07) is 19.3. The first-order valence-corrected chi connectivity index (χ1v) is 8.05. The minimum atomic E-state index is -0.431. The Morgan fingerprint density at radius 2 is 1.54 bits per heavy atom. The fraction of sp³-hybridized carbons (Fsp3) is 0.100. The average Bonchev–Trinajstić information content (AvgIpc) is 3.10. The van der Waals surface area contributed by atoms with Crippen molar-refractivity contribution in [2.24, 2.45) is 0 Å². The van der Waals surface area contributed by atoms with Crippen LogP contribution < -0.4 is 9.47 Å². The van der Waals surface area contributed by atoms with Crippen LogP contribution >= 0.6 is 0 Å². The SMILES string of the molecule is O=[N+]([O-])c1ccc([C@@H](c2ccccc2)c2cc3c(cc2O)OCO3)cc1. The molecule has 6 nitrogen and oxygen atoms in total. The monoisotopic (exact) mass is 349 g/mol. The molecule has 0 aliphatic carbocycles. The van der Waals surface area contributed by atoms with Gasteiger partial charge in [-0.15, -0.1) is 0 Å². The van der Waals surface area contributed by atoms with Crippen molar-refractivity contribution >= 4 is 5.69 Å². The zero-order valence-corrected chi connectivity index (χ0v) is 13.7. The Morgan fingerprint density at radius 1 is 0.923 bits per heavy atom. The van der Waals surface area contributed by atoms with Gasteiger partial charge in [-0.3, -0.25) is 10.1 Å². The average molecular weight is 349 g/mol. The molecule has 6 heteroatoms. The van der Waals surface area contributed by atoms with Gasteiger partial charge in [0.2, 0.25) is 6.79 Å². The fourth-order valence-electron chi connectivity index (χ4n) is 3.16. The molecular weight excluding hydrogens is 334 g/mol. The van der Waals surface area contributed by atoms with Crippen LogP contribution in [0.25, 0.3) is 0 Å². The van der Waals surface area contributed by atoms with Crippen molar-refractivity contribution in [1.82, 2.24) is 0 Å². The van der Waals surface area contributed by atoms with E-state index in [2.05, 4.69) is 0 Å². The number of rotatable bonds is 4. The Hall–Kier alpha value is -3.54. The highest BCUT2D eigenvalue weighted by molar-refractivity contribution is 5.57. The van der Waals surface area contributed by atoms with Crippen LogP contribution in [0.5, 0.6) is 17.2 Å². The zero-order chi connectivity index (χ0) is 18.1. The van der Waals surface area contributed by atoms with Crippen molar-refractivity contribution in [3.63, 3.8) is 0 Å². The van der Waals surface area contributed by atoms with E-state index in [1.54, 1.807) is 24.3 Å². The molecule has 3 aromatic rings. The van der Waals surface area contributed by atoms with Gasteiger partial charge in [0.1, 0.15) is 5.75 Å². The molecule has 3 aromatic carbocycles. The molecule has 1 N–H and O–H groups in total. The van der Waals surface area contributed by atoms with Gasteiger partial charge in [0.25, 0.3) is 5.69 Å². The third-order valence-corrected chi connectivity index (χ3v) is 4.40. The highest BCUT2D eigenvalue weighted by atomic mass is 16.7. The van der Waals surface area contributed by atoms with Crippen molar-refractivity contribution in [2.45, 2.75) is 5.92 Å². The molecule has 130 valence electrons. The lowest BCUT2D eigenvalue weighted by Gasteiger charge is -2.20. The molecular formula is C20H15NO5. The van der Waals surface area contributed by atoms with Crippen molar-refractivity contribution in [3.05, 3.63) is 93.5 Å². The van der Waals surface area contributed by atoms with Crippen LogP contribution in [0.3, 0.4) is 0 Å². The lowest BCUT2D eigenvalue weighted by Crippen LogP contribution is -2.04. The van der Waals surface area contributed by atoms with Crippen molar-refractivity contribution in [1.29, 1.82) is 0 Å². The van der Waals surface area contributed by atoms with E-state index >= 15 is 0 Å². The minimum absolute atomic E-state index is 0.0236. The molecule has 0 saturated heterocycles. The molecule has 1 aliphatic heterocycles. The number of nitro benzene ring substituents is 1. The molecule has 0 radical (unpaired) electrons. The van der Waals surface area contributed by atoms with Gasteiger partial charge in [-0.25, -0.2) is 0 Å². The molecule has 1 aliphatic rings. The summed E-state index contributed by atoms with van der Waals surface area (Å²) in [6.07, 6.45) is 0. The Morgan fingerprint density at radius 3 is 2.19 bits per heavy atom. The van der Waals surface area contributed by atoms with Crippen molar-refractivity contribution in [3.8, 4) is 17.2 Å². The summed E-state index contributed by atoms with van der Waals surface area (Å²) in [5.74, 6) is 0.857. The second-order valence-electron chi connectivity index (χ2n) is 5.96. The maximum absolute atomic E-state index is 10.9. The zero-order valence-electron chi connectivity index (χ0n) is 13.7. The molecule has 1 atom stereocenters. The van der Waals surface area contributed by atoms with E-state index in [0.29, 0.717) is 17.1 Å². The van der Waals surface area contributed by atoms with Gasteiger partial charge >= 0.3 is 0 Å². The summed E-state index contributed by atoms with van der Waals surface area (Å²) in [5.41, 5.74) is 2.45. The van der Waals surface area contributed by atoms with E-state index in [4.69, 9.17) is 9.47 Å². The predicted molar refractivity (Wildman–Crippen MR) is 94.7 cm³/mol. The number of aromatic hydroxyl groups is 1. The molecule has 0 saturated carbocycles. The van der Waals surface area contributed by atoms with Gasteiger partial charge in [0, 0.05) is 29.7 Å². The molecule has 1 heterocycles. The number of phenols is 1. The number of non-ortho nitro benzene ring substituents is 1. The van der Waals surface area contributed by atoms with Crippen LogP contribution in [0.15, 0.2) is 66.7 Å². The first-order valence-electron chi connectivity index (χ1n) is 8.05. The summed E-state index contributed by atoms with van der Waals surface area (Å²) in [4.78, 5) is 10.5. The molecule has 0 fully saturated rings. The molecule has 0 unspecified atom stereocenters. The van der Waals surface area contributed by atoms with Gasteiger partial charge in [0.05, 0.1) is 4.92 Å². The first kappa shape index (κ1) is 16.0. The summed E-state index contributed by atoms with van der Waals surface area (Å²) in [5, 5.41) is 21.5. The largest absolute Gasteiger partial charge is 0.507 e. The molecule has 0 spiro atoms. The first-order chi connectivity index (χ1) is 12.6. The van der Waals surface area contributed by atoms with E-state index in [-0.39, 0.29) is 24.1 Å². The molecule has 26 heavy (non-hydrogen) atoms. The van der Waals surface area contributed by atoms with Gasteiger partial charge in [-0.2, -0.15) is 0 Å².